The second kappa shape index (κ2) is 5.52. The first-order chi connectivity index (χ1) is 5.39. The minimum atomic E-state index is -1.08. The van der Waals surface area contributed by atoms with Crippen LogP contribution in [-0.2, 0) is 0 Å². The first-order valence-electron chi connectivity index (χ1n) is 3.20. The van der Waals surface area contributed by atoms with Crippen LogP contribution in [0.25, 0.3) is 0 Å². The molecule has 0 bridgehead atoms. The minimum absolute atomic E-state index is 0.322. The van der Waals surface area contributed by atoms with Gasteiger partial charge in [-0.05, 0) is 19.1 Å². The van der Waals surface area contributed by atoms with E-state index in [9.17, 15) is 0 Å². The van der Waals surface area contributed by atoms with Crippen molar-refractivity contribution < 1.29 is 5.11 Å². The van der Waals surface area contributed by atoms with Crippen molar-refractivity contribution in [2.24, 2.45) is 0 Å². The first kappa shape index (κ1) is 11.9. The Kier molecular flexibility index (Phi) is 5.47. The van der Waals surface area contributed by atoms with Gasteiger partial charge in [0.2, 0.25) is 0 Å². The van der Waals surface area contributed by atoms with Gasteiger partial charge in [-0.25, -0.2) is 0 Å². The van der Waals surface area contributed by atoms with Crippen molar-refractivity contribution in [3.63, 3.8) is 0 Å². The lowest BCUT2D eigenvalue weighted by molar-refractivity contribution is 0.475. The highest BCUT2D eigenvalue weighted by Crippen LogP contribution is 2.23. The molecule has 12 heavy (non-hydrogen) atoms. The van der Waals surface area contributed by atoms with Gasteiger partial charge in [0.1, 0.15) is 5.75 Å². The molecule has 0 fully saturated rings. The fraction of sp³-hybridized carbons (Fsp3) is 0.250. The summed E-state index contributed by atoms with van der Waals surface area (Å²) in [6.45, 7) is 1.48. The third-order valence-corrected chi connectivity index (χ3v) is 0.756. The molecule has 0 aliphatic heterocycles. The van der Waals surface area contributed by atoms with E-state index in [4.69, 9.17) is 39.9 Å². The van der Waals surface area contributed by atoms with Gasteiger partial charge < -0.3 is 5.11 Å². The second-order valence-electron chi connectivity index (χ2n) is 2.12. The maximum atomic E-state index is 8.63. The van der Waals surface area contributed by atoms with Gasteiger partial charge in [-0.3, -0.25) is 0 Å². The molecule has 0 aromatic heterocycles. The number of phenols is 1. The molecule has 0 saturated heterocycles. The Labute approximate surface area is 86.9 Å². The summed E-state index contributed by atoms with van der Waals surface area (Å²) in [5, 5.41) is 8.63. The molecule has 1 rings (SSSR count). The summed E-state index contributed by atoms with van der Waals surface area (Å²) in [6.07, 6.45) is 0. The smallest absolute Gasteiger partial charge is 0.187 e. The zero-order valence-electron chi connectivity index (χ0n) is 6.47. The van der Waals surface area contributed by atoms with E-state index >= 15 is 0 Å². The molecule has 0 spiro atoms. The Bertz CT molecular complexity index is 199. The molecule has 0 saturated carbocycles. The van der Waals surface area contributed by atoms with Gasteiger partial charge >= 0.3 is 0 Å². The largest absolute Gasteiger partial charge is 0.508 e. The molecule has 0 atom stereocenters. The van der Waals surface area contributed by atoms with Crippen molar-refractivity contribution in [3.05, 3.63) is 30.3 Å². The SMILES string of the molecule is CC(Cl)(Cl)Cl.Oc1ccccc1. The van der Waals surface area contributed by atoms with Gasteiger partial charge in [-0.1, -0.05) is 53.0 Å². The van der Waals surface area contributed by atoms with Gasteiger partial charge in [0.25, 0.3) is 0 Å². The molecule has 0 aliphatic carbocycles. The normalized spacial score (nSPS) is 10.0. The Morgan fingerprint density at radius 2 is 1.42 bits per heavy atom. The number of hydrogen-bond acceptors (Lipinski definition) is 1. The summed E-state index contributed by atoms with van der Waals surface area (Å²) >= 11 is 15.2. The van der Waals surface area contributed by atoms with Crippen LogP contribution in [-0.4, -0.2) is 8.90 Å². The third kappa shape index (κ3) is 12.6. The number of benzene rings is 1. The maximum absolute atomic E-state index is 8.63. The number of aromatic hydroxyl groups is 1. The fourth-order valence-electron chi connectivity index (χ4n) is 0.428. The molecule has 1 nitrogen and oxygen atoms in total. The fourth-order valence-corrected chi connectivity index (χ4v) is 0.428. The second-order valence-corrected chi connectivity index (χ2v) is 4.96. The highest BCUT2D eigenvalue weighted by atomic mass is 35.6. The Balaban J connectivity index is 0.000000217. The van der Waals surface area contributed by atoms with Crippen LogP contribution < -0.4 is 0 Å². The predicted octanol–water partition coefficient (Wildman–Crippen LogP) is 3.77. The van der Waals surface area contributed by atoms with Crippen molar-refractivity contribution >= 4 is 34.8 Å². The zero-order valence-corrected chi connectivity index (χ0v) is 8.74. The van der Waals surface area contributed by atoms with Gasteiger partial charge in [0.15, 0.2) is 3.79 Å². The number of hydrogen-bond donors (Lipinski definition) is 1. The summed E-state index contributed by atoms with van der Waals surface area (Å²) in [4.78, 5) is 0. The quantitative estimate of drug-likeness (QED) is 0.669. The lowest BCUT2D eigenvalue weighted by Crippen LogP contribution is -1.87. The van der Waals surface area contributed by atoms with Crippen LogP contribution in [0.1, 0.15) is 6.92 Å². The van der Waals surface area contributed by atoms with Crippen molar-refractivity contribution in [3.8, 4) is 5.75 Å². The van der Waals surface area contributed by atoms with E-state index < -0.39 is 3.79 Å². The summed E-state index contributed by atoms with van der Waals surface area (Å²) in [5.41, 5.74) is 0. The van der Waals surface area contributed by atoms with Crippen molar-refractivity contribution in [2.45, 2.75) is 10.7 Å². The van der Waals surface area contributed by atoms with Crippen LogP contribution in [0.4, 0.5) is 0 Å². The number of halogens is 3. The number of para-hydroxylation sites is 1. The van der Waals surface area contributed by atoms with E-state index in [1.807, 2.05) is 6.07 Å². The van der Waals surface area contributed by atoms with Crippen LogP contribution in [0.5, 0.6) is 5.75 Å². The van der Waals surface area contributed by atoms with Crippen LogP contribution in [0.2, 0.25) is 0 Å². The molecular formula is C8H9Cl3O. The van der Waals surface area contributed by atoms with Crippen LogP contribution in [0.3, 0.4) is 0 Å². The van der Waals surface area contributed by atoms with E-state index in [0.717, 1.165) is 0 Å². The van der Waals surface area contributed by atoms with Gasteiger partial charge in [0.05, 0.1) is 0 Å². The third-order valence-electron chi connectivity index (χ3n) is 0.756. The zero-order chi connectivity index (χ0) is 9.61. The maximum Gasteiger partial charge on any atom is 0.187 e. The first-order valence-corrected chi connectivity index (χ1v) is 4.34. The molecule has 1 N–H and O–H groups in total. The Morgan fingerprint density at radius 3 is 1.58 bits per heavy atom. The van der Waals surface area contributed by atoms with E-state index in [2.05, 4.69) is 0 Å². The number of alkyl halides is 3. The summed E-state index contributed by atoms with van der Waals surface area (Å²) in [5.74, 6) is 0.322. The lowest BCUT2D eigenvalue weighted by Gasteiger charge is -1.94. The van der Waals surface area contributed by atoms with E-state index in [-0.39, 0.29) is 0 Å². The number of phenolic OH excluding ortho intramolecular Hbond substituents is 1. The average Bonchev–Trinajstić information content (AvgIpc) is 1.85. The Hall–Kier alpha value is -0.110. The molecule has 0 aliphatic rings. The average molecular weight is 228 g/mol. The molecule has 1 aromatic rings. The molecular weight excluding hydrogens is 218 g/mol. The van der Waals surface area contributed by atoms with Crippen LogP contribution in [0.15, 0.2) is 30.3 Å². The predicted molar refractivity (Wildman–Crippen MR) is 54.1 cm³/mol. The van der Waals surface area contributed by atoms with Crippen molar-refractivity contribution in [1.82, 2.24) is 0 Å². The van der Waals surface area contributed by atoms with Gasteiger partial charge in [-0.2, -0.15) is 0 Å². The highest BCUT2D eigenvalue weighted by Gasteiger charge is 2.07. The monoisotopic (exact) mass is 226 g/mol. The van der Waals surface area contributed by atoms with Crippen molar-refractivity contribution in [2.75, 3.05) is 0 Å². The van der Waals surface area contributed by atoms with Gasteiger partial charge in [-0.15, -0.1) is 0 Å². The standard InChI is InChI=1S/C6H6O.C2H3Cl3/c7-6-4-2-1-3-5-6;1-2(3,4)5/h1-5,7H;1H3. The number of rotatable bonds is 0. The van der Waals surface area contributed by atoms with Crippen LogP contribution in [0, 0.1) is 0 Å². The Morgan fingerprint density at radius 1 is 1.08 bits per heavy atom. The minimum Gasteiger partial charge on any atom is -0.508 e. The highest BCUT2D eigenvalue weighted by molar-refractivity contribution is 6.67. The summed E-state index contributed by atoms with van der Waals surface area (Å²) in [6, 6.07) is 8.71. The molecule has 0 unspecified atom stereocenters. The van der Waals surface area contributed by atoms with Gasteiger partial charge in [0, 0.05) is 0 Å². The van der Waals surface area contributed by atoms with Crippen molar-refractivity contribution in [1.29, 1.82) is 0 Å². The van der Waals surface area contributed by atoms with E-state index in [1.54, 1.807) is 24.3 Å². The van der Waals surface area contributed by atoms with E-state index in [1.165, 1.54) is 6.92 Å². The summed E-state index contributed by atoms with van der Waals surface area (Å²) < 4.78 is -1.08. The van der Waals surface area contributed by atoms with E-state index in [0.29, 0.717) is 5.75 Å². The lowest BCUT2D eigenvalue weighted by atomic mass is 10.3. The summed E-state index contributed by atoms with van der Waals surface area (Å²) in [7, 11) is 0. The molecule has 68 valence electrons. The molecule has 0 heterocycles. The molecule has 0 amide bonds. The van der Waals surface area contributed by atoms with Crippen LogP contribution >= 0.6 is 34.8 Å². The molecule has 0 radical (unpaired) electrons. The molecule has 4 heteroatoms. The molecule has 1 aromatic carbocycles. The topological polar surface area (TPSA) is 20.2 Å².